The molecule has 0 saturated heterocycles. The number of esters is 1. The van der Waals surface area contributed by atoms with E-state index in [1.807, 2.05) is 24.3 Å². The first-order valence-corrected chi connectivity index (χ1v) is 7.72. The zero-order valence-electron chi connectivity index (χ0n) is 13.3. The fraction of sp³-hybridized carbons (Fsp3) is 0. The normalized spacial score (nSPS) is 9.92. The van der Waals surface area contributed by atoms with Gasteiger partial charge < -0.3 is 15.4 Å². The molecule has 0 aliphatic heterocycles. The van der Waals surface area contributed by atoms with Crippen molar-refractivity contribution in [1.29, 1.82) is 0 Å². The quantitative estimate of drug-likeness (QED) is 0.544. The van der Waals surface area contributed by atoms with Gasteiger partial charge in [0.1, 0.15) is 0 Å². The molecule has 0 aliphatic carbocycles. The molecule has 0 saturated carbocycles. The number of para-hydroxylation sites is 3. The highest BCUT2D eigenvalue weighted by Crippen LogP contribution is 2.25. The van der Waals surface area contributed by atoms with Crippen LogP contribution in [-0.2, 0) is 0 Å². The van der Waals surface area contributed by atoms with Gasteiger partial charge in [-0.25, -0.2) is 9.59 Å². The molecule has 124 valence electrons. The Bertz CT molecular complexity index is 864. The van der Waals surface area contributed by atoms with E-state index in [1.54, 1.807) is 60.7 Å². The van der Waals surface area contributed by atoms with Crippen LogP contribution in [-0.4, -0.2) is 12.0 Å². The first-order valence-electron chi connectivity index (χ1n) is 7.72. The lowest BCUT2D eigenvalue weighted by Crippen LogP contribution is -2.20. The van der Waals surface area contributed by atoms with Gasteiger partial charge in [0.25, 0.3) is 0 Å². The molecular weight excluding hydrogens is 316 g/mol. The number of ether oxygens (including phenoxy) is 1. The van der Waals surface area contributed by atoms with Crippen molar-refractivity contribution in [3.63, 3.8) is 0 Å². The number of carbonyl (C=O) groups excluding carboxylic acids is 2. The second-order valence-electron chi connectivity index (χ2n) is 5.20. The zero-order chi connectivity index (χ0) is 17.5. The molecule has 3 aromatic rings. The lowest BCUT2D eigenvalue weighted by atomic mass is 10.2. The largest absolute Gasteiger partial charge is 0.421 e. The third kappa shape index (κ3) is 4.45. The van der Waals surface area contributed by atoms with Gasteiger partial charge in [-0.1, -0.05) is 48.5 Å². The third-order valence-electron chi connectivity index (χ3n) is 3.38. The van der Waals surface area contributed by atoms with Crippen molar-refractivity contribution in [2.45, 2.75) is 0 Å². The molecule has 0 atom stereocenters. The first-order chi connectivity index (χ1) is 12.2. The minimum atomic E-state index is -0.488. The maximum Gasteiger partial charge on any atom is 0.343 e. The van der Waals surface area contributed by atoms with Gasteiger partial charge in [0.2, 0.25) is 0 Å². The summed E-state index contributed by atoms with van der Waals surface area (Å²) >= 11 is 0. The summed E-state index contributed by atoms with van der Waals surface area (Å²) < 4.78 is 5.40. The highest BCUT2D eigenvalue weighted by atomic mass is 16.5. The predicted octanol–water partition coefficient (Wildman–Crippen LogP) is 4.55. The number of rotatable bonds is 4. The van der Waals surface area contributed by atoms with Crippen LogP contribution < -0.4 is 15.4 Å². The van der Waals surface area contributed by atoms with E-state index in [0.717, 1.165) is 0 Å². The van der Waals surface area contributed by atoms with Crippen LogP contribution in [0.2, 0.25) is 0 Å². The van der Waals surface area contributed by atoms with Gasteiger partial charge in [-0.2, -0.15) is 0 Å². The Kier molecular flexibility index (Phi) is 5.07. The molecule has 5 heteroatoms. The van der Waals surface area contributed by atoms with Gasteiger partial charge in [0, 0.05) is 5.69 Å². The highest BCUT2D eigenvalue weighted by molar-refractivity contribution is 6.01. The molecule has 0 unspecified atom stereocenters. The number of urea groups is 1. The molecule has 0 heterocycles. The van der Waals surface area contributed by atoms with Gasteiger partial charge in [-0.15, -0.1) is 0 Å². The lowest BCUT2D eigenvalue weighted by Gasteiger charge is -2.12. The van der Waals surface area contributed by atoms with Crippen LogP contribution in [0.1, 0.15) is 10.4 Å². The van der Waals surface area contributed by atoms with Crippen LogP contribution in [0.5, 0.6) is 5.75 Å². The Morgan fingerprint density at radius 1 is 0.680 bits per heavy atom. The summed E-state index contributed by atoms with van der Waals surface area (Å²) in [4.78, 5) is 24.3. The standard InChI is InChI=1S/C20H16N2O3/c23-19(15-9-3-1-4-10-15)25-18-14-8-7-13-17(18)22-20(24)21-16-11-5-2-6-12-16/h1-14H,(H2,21,22,24). The van der Waals surface area contributed by atoms with E-state index >= 15 is 0 Å². The molecule has 2 amide bonds. The van der Waals surface area contributed by atoms with Crippen LogP contribution in [0, 0.1) is 0 Å². The SMILES string of the molecule is O=C(Nc1ccccc1)Nc1ccccc1OC(=O)c1ccccc1. The van der Waals surface area contributed by atoms with Crippen LogP contribution in [0.15, 0.2) is 84.9 Å². The molecule has 3 rings (SSSR count). The number of nitrogens with one attached hydrogen (secondary N) is 2. The molecule has 0 bridgehead atoms. The number of anilines is 2. The topological polar surface area (TPSA) is 67.4 Å². The van der Waals surface area contributed by atoms with Crippen molar-refractivity contribution in [2.75, 3.05) is 10.6 Å². The summed E-state index contributed by atoms with van der Waals surface area (Å²) in [5, 5.41) is 5.40. The second kappa shape index (κ2) is 7.79. The first kappa shape index (κ1) is 16.3. The lowest BCUT2D eigenvalue weighted by molar-refractivity contribution is 0.0735. The van der Waals surface area contributed by atoms with Crippen LogP contribution in [0.25, 0.3) is 0 Å². The minimum Gasteiger partial charge on any atom is -0.421 e. The van der Waals surface area contributed by atoms with E-state index < -0.39 is 12.0 Å². The molecule has 0 radical (unpaired) electrons. The fourth-order valence-electron chi connectivity index (χ4n) is 2.20. The van der Waals surface area contributed by atoms with Crippen LogP contribution >= 0.6 is 0 Å². The van der Waals surface area contributed by atoms with Gasteiger partial charge in [0.15, 0.2) is 5.75 Å². The summed E-state index contributed by atoms with van der Waals surface area (Å²) in [5.41, 5.74) is 1.50. The maximum absolute atomic E-state index is 12.2. The summed E-state index contributed by atoms with van der Waals surface area (Å²) in [6.45, 7) is 0. The van der Waals surface area contributed by atoms with E-state index in [4.69, 9.17) is 4.74 Å². The number of hydrogen-bond acceptors (Lipinski definition) is 3. The molecule has 0 aliphatic rings. The Morgan fingerprint density at radius 3 is 2.00 bits per heavy atom. The molecule has 5 nitrogen and oxygen atoms in total. The van der Waals surface area contributed by atoms with Crippen molar-refractivity contribution >= 4 is 23.4 Å². The van der Waals surface area contributed by atoms with Crippen LogP contribution in [0.4, 0.5) is 16.2 Å². The van der Waals surface area contributed by atoms with E-state index in [-0.39, 0.29) is 5.75 Å². The smallest absolute Gasteiger partial charge is 0.343 e. The van der Waals surface area contributed by atoms with Crippen LogP contribution in [0.3, 0.4) is 0 Å². The molecule has 3 aromatic carbocycles. The van der Waals surface area contributed by atoms with Crippen molar-refractivity contribution in [1.82, 2.24) is 0 Å². The zero-order valence-corrected chi connectivity index (χ0v) is 13.3. The van der Waals surface area contributed by atoms with Gasteiger partial charge in [0.05, 0.1) is 11.3 Å². The number of benzene rings is 3. The summed E-state index contributed by atoms with van der Waals surface area (Å²) in [6, 6.07) is 24.1. The number of hydrogen-bond donors (Lipinski definition) is 2. The number of carbonyl (C=O) groups is 2. The van der Waals surface area contributed by atoms with Gasteiger partial charge in [-0.05, 0) is 36.4 Å². The average molecular weight is 332 g/mol. The predicted molar refractivity (Wildman–Crippen MR) is 96.9 cm³/mol. The molecule has 25 heavy (non-hydrogen) atoms. The van der Waals surface area contributed by atoms with Crippen molar-refractivity contribution in [3.05, 3.63) is 90.5 Å². The summed E-state index contributed by atoms with van der Waals surface area (Å²) in [5.74, 6) is -0.210. The fourth-order valence-corrected chi connectivity index (χ4v) is 2.20. The minimum absolute atomic E-state index is 0.277. The second-order valence-corrected chi connectivity index (χ2v) is 5.20. The molecule has 2 N–H and O–H groups in total. The molecule has 0 fully saturated rings. The van der Waals surface area contributed by atoms with Gasteiger partial charge in [-0.3, -0.25) is 0 Å². The summed E-state index contributed by atoms with van der Waals surface area (Å²) in [7, 11) is 0. The maximum atomic E-state index is 12.2. The van der Waals surface area contributed by atoms with Crippen molar-refractivity contribution in [3.8, 4) is 5.75 Å². The Hall–Kier alpha value is -3.60. The van der Waals surface area contributed by atoms with Gasteiger partial charge >= 0.3 is 12.0 Å². The Balaban J connectivity index is 1.70. The van der Waals surface area contributed by atoms with E-state index in [1.165, 1.54) is 0 Å². The summed E-state index contributed by atoms with van der Waals surface area (Å²) in [6.07, 6.45) is 0. The molecular formula is C20H16N2O3. The number of amides is 2. The third-order valence-corrected chi connectivity index (χ3v) is 3.38. The van der Waals surface area contributed by atoms with E-state index in [2.05, 4.69) is 10.6 Å². The monoisotopic (exact) mass is 332 g/mol. The molecule has 0 spiro atoms. The van der Waals surface area contributed by atoms with E-state index in [0.29, 0.717) is 16.9 Å². The Labute approximate surface area is 145 Å². The highest BCUT2D eigenvalue weighted by Gasteiger charge is 2.12. The Morgan fingerprint density at radius 2 is 1.28 bits per heavy atom. The van der Waals surface area contributed by atoms with Crippen molar-refractivity contribution < 1.29 is 14.3 Å². The molecule has 0 aromatic heterocycles. The van der Waals surface area contributed by atoms with Crippen molar-refractivity contribution in [2.24, 2.45) is 0 Å². The van der Waals surface area contributed by atoms with E-state index in [9.17, 15) is 9.59 Å². The average Bonchev–Trinajstić information content (AvgIpc) is 2.65.